The van der Waals surface area contributed by atoms with Gasteiger partial charge in [0.1, 0.15) is 0 Å². The molecule has 0 saturated carbocycles. The maximum absolute atomic E-state index is 3.61. The van der Waals surface area contributed by atoms with Crippen LogP contribution in [0.4, 0.5) is 0 Å². The van der Waals surface area contributed by atoms with Crippen molar-refractivity contribution < 1.29 is 0 Å². The number of unbranched alkanes of at least 4 members (excludes halogenated alkanes) is 3. The van der Waals surface area contributed by atoms with Crippen LogP contribution in [-0.2, 0) is 6.42 Å². The second-order valence-electron chi connectivity index (χ2n) is 5.51. The lowest BCUT2D eigenvalue weighted by molar-refractivity contribution is 0.670. The SMILES string of the molecule is CCCCCCc1cc2sc(/C=C/c3cc(Br)sc3Br)cc2s1. The Kier molecular flexibility index (Phi) is 6.55. The fourth-order valence-corrected chi connectivity index (χ4v) is 7.61. The lowest BCUT2D eigenvalue weighted by atomic mass is 10.1. The normalized spacial score (nSPS) is 12.0. The topological polar surface area (TPSA) is 0 Å². The van der Waals surface area contributed by atoms with Gasteiger partial charge in [0.25, 0.3) is 0 Å². The second kappa shape index (κ2) is 8.43. The molecule has 0 fully saturated rings. The third-order valence-corrected chi connectivity index (χ3v) is 8.37. The summed E-state index contributed by atoms with van der Waals surface area (Å²) in [5.41, 5.74) is 1.23. The van der Waals surface area contributed by atoms with Gasteiger partial charge in [0.15, 0.2) is 0 Å². The van der Waals surface area contributed by atoms with Crippen LogP contribution in [0.25, 0.3) is 21.6 Å². The zero-order valence-electron chi connectivity index (χ0n) is 12.9. The molecule has 3 rings (SSSR count). The highest BCUT2D eigenvalue weighted by Gasteiger charge is 2.06. The molecular formula is C18H18Br2S3. The summed E-state index contributed by atoms with van der Waals surface area (Å²) in [6.07, 6.45) is 11.0. The highest BCUT2D eigenvalue weighted by Crippen LogP contribution is 2.36. The van der Waals surface area contributed by atoms with Crippen LogP contribution >= 0.6 is 65.9 Å². The molecule has 0 aliphatic rings. The largest absolute Gasteiger partial charge is 0.139 e. The smallest absolute Gasteiger partial charge is 0.0782 e. The van der Waals surface area contributed by atoms with Crippen molar-refractivity contribution in [3.63, 3.8) is 0 Å². The summed E-state index contributed by atoms with van der Waals surface area (Å²) >= 11 is 12.7. The van der Waals surface area contributed by atoms with E-state index in [4.69, 9.17) is 0 Å². The van der Waals surface area contributed by atoms with Crippen molar-refractivity contribution in [1.82, 2.24) is 0 Å². The van der Waals surface area contributed by atoms with Gasteiger partial charge in [-0.3, -0.25) is 0 Å². The Morgan fingerprint density at radius 3 is 2.43 bits per heavy atom. The first-order valence-electron chi connectivity index (χ1n) is 7.81. The molecule has 0 N–H and O–H groups in total. The molecule has 3 aromatic heterocycles. The number of hydrogen-bond donors (Lipinski definition) is 0. The molecule has 3 aromatic rings. The van der Waals surface area contributed by atoms with Gasteiger partial charge in [-0.15, -0.1) is 34.0 Å². The molecule has 3 heterocycles. The van der Waals surface area contributed by atoms with E-state index in [1.54, 1.807) is 16.2 Å². The summed E-state index contributed by atoms with van der Waals surface area (Å²) in [6.45, 7) is 2.27. The Labute approximate surface area is 166 Å². The van der Waals surface area contributed by atoms with E-state index in [0.29, 0.717) is 0 Å². The van der Waals surface area contributed by atoms with Crippen LogP contribution in [0.2, 0.25) is 0 Å². The minimum atomic E-state index is 1.16. The molecule has 23 heavy (non-hydrogen) atoms. The lowest BCUT2D eigenvalue weighted by Crippen LogP contribution is -1.80. The van der Waals surface area contributed by atoms with Crippen LogP contribution in [-0.4, -0.2) is 0 Å². The van der Waals surface area contributed by atoms with Gasteiger partial charge in [-0.05, 0) is 69.0 Å². The standard InChI is InChI=1S/C18H18Br2S3/c1-2-3-4-5-6-13-10-15-16(21-13)11-14(22-15)8-7-12-9-17(19)23-18(12)20/h7-11H,2-6H2,1H3/b8-7+. The maximum Gasteiger partial charge on any atom is 0.0782 e. The van der Waals surface area contributed by atoms with E-state index in [1.165, 1.54) is 55.7 Å². The van der Waals surface area contributed by atoms with E-state index in [9.17, 15) is 0 Å². The van der Waals surface area contributed by atoms with Gasteiger partial charge in [-0.25, -0.2) is 0 Å². The molecule has 0 atom stereocenters. The third kappa shape index (κ3) is 4.79. The van der Waals surface area contributed by atoms with Crippen molar-refractivity contribution in [2.75, 3.05) is 0 Å². The summed E-state index contributed by atoms with van der Waals surface area (Å²) < 4.78 is 5.20. The van der Waals surface area contributed by atoms with Crippen molar-refractivity contribution in [3.8, 4) is 0 Å². The van der Waals surface area contributed by atoms with Crippen molar-refractivity contribution in [2.24, 2.45) is 0 Å². The van der Waals surface area contributed by atoms with Gasteiger partial charge >= 0.3 is 0 Å². The van der Waals surface area contributed by atoms with Gasteiger partial charge < -0.3 is 0 Å². The Morgan fingerprint density at radius 1 is 0.913 bits per heavy atom. The van der Waals surface area contributed by atoms with Crippen molar-refractivity contribution in [3.05, 3.63) is 41.1 Å². The van der Waals surface area contributed by atoms with Gasteiger partial charge in [-0.2, -0.15) is 0 Å². The van der Waals surface area contributed by atoms with Gasteiger partial charge in [0.05, 0.1) is 7.57 Å². The van der Waals surface area contributed by atoms with Crippen molar-refractivity contribution in [1.29, 1.82) is 0 Å². The highest BCUT2D eigenvalue weighted by atomic mass is 79.9. The molecule has 0 aromatic carbocycles. The van der Waals surface area contributed by atoms with E-state index in [0.717, 1.165) is 3.79 Å². The number of fused-ring (bicyclic) bond motifs is 1. The zero-order valence-corrected chi connectivity index (χ0v) is 18.5. The third-order valence-electron chi connectivity index (χ3n) is 3.66. The van der Waals surface area contributed by atoms with E-state index < -0.39 is 0 Å². The second-order valence-corrected chi connectivity index (χ2v) is 11.5. The Hall–Kier alpha value is 0.0600. The summed E-state index contributed by atoms with van der Waals surface area (Å²) in [7, 11) is 0. The molecule has 0 amide bonds. The molecule has 0 aliphatic carbocycles. The van der Waals surface area contributed by atoms with Crippen LogP contribution < -0.4 is 0 Å². The number of hydrogen-bond acceptors (Lipinski definition) is 3. The molecular weight excluding hydrogens is 472 g/mol. The highest BCUT2D eigenvalue weighted by molar-refractivity contribution is 9.12. The molecule has 5 heteroatoms. The minimum Gasteiger partial charge on any atom is -0.139 e. The molecule has 0 radical (unpaired) electrons. The molecule has 0 nitrogen and oxygen atoms in total. The molecule has 0 aliphatic heterocycles. The Bertz CT molecular complexity index is 776. The van der Waals surface area contributed by atoms with Crippen LogP contribution in [0.3, 0.4) is 0 Å². The average molecular weight is 490 g/mol. The maximum atomic E-state index is 3.61. The quantitative estimate of drug-likeness (QED) is 0.290. The van der Waals surface area contributed by atoms with Gasteiger partial charge in [0, 0.05) is 24.7 Å². The summed E-state index contributed by atoms with van der Waals surface area (Å²) in [6, 6.07) is 6.87. The van der Waals surface area contributed by atoms with Crippen LogP contribution in [0.15, 0.2) is 25.8 Å². The van der Waals surface area contributed by atoms with Crippen LogP contribution in [0.5, 0.6) is 0 Å². The van der Waals surface area contributed by atoms with Crippen LogP contribution in [0.1, 0.15) is 47.9 Å². The number of thiophene rings is 3. The summed E-state index contributed by atoms with van der Waals surface area (Å²) in [4.78, 5) is 2.88. The van der Waals surface area contributed by atoms with Crippen molar-refractivity contribution >= 4 is 87.4 Å². The fourth-order valence-electron chi connectivity index (χ4n) is 2.47. The molecule has 122 valence electrons. The van der Waals surface area contributed by atoms with Gasteiger partial charge in [0.2, 0.25) is 0 Å². The molecule has 0 saturated heterocycles. The van der Waals surface area contributed by atoms with E-state index in [1.807, 2.05) is 22.7 Å². The molecule has 0 spiro atoms. The average Bonchev–Trinajstić information content (AvgIpc) is 3.14. The Morgan fingerprint density at radius 2 is 1.74 bits per heavy atom. The molecule has 0 bridgehead atoms. The first kappa shape index (κ1) is 17.9. The first-order chi connectivity index (χ1) is 11.2. The summed E-state index contributed by atoms with van der Waals surface area (Å²) in [5.74, 6) is 0. The fraction of sp³-hybridized carbons (Fsp3) is 0.333. The van der Waals surface area contributed by atoms with E-state index in [-0.39, 0.29) is 0 Å². The predicted molar refractivity (Wildman–Crippen MR) is 116 cm³/mol. The minimum absolute atomic E-state index is 1.16. The number of aryl methyl sites for hydroxylation is 1. The van der Waals surface area contributed by atoms with E-state index >= 15 is 0 Å². The Balaban J connectivity index is 1.66. The molecule has 0 unspecified atom stereocenters. The number of halogens is 2. The number of rotatable bonds is 7. The van der Waals surface area contributed by atoms with Gasteiger partial charge in [-0.1, -0.05) is 32.3 Å². The van der Waals surface area contributed by atoms with Crippen molar-refractivity contribution in [2.45, 2.75) is 39.0 Å². The monoisotopic (exact) mass is 488 g/mol. The van der Waals surface area contributed by atoms with E-state index in [2.05, 4.69) is 69.1 Å². The zero-order chi connectivity index (χ0) is 16.2. The van der Waals surface area contributed by atoms with Crippen LogP contribution in [0, 0.1) is 0 Å². The predicted octanol–water partition coefficient (Wildman–Crippen LogP) is 8.84. The first-order valence-corrected chi connectivity index (χ1v) is 11.8. The lowest BCUT2D eigenvalue weighted by Gasteiger charge is -1.96. The summed E-state index contributed by atoms with van der Waals surface area (Å²) in [5, 5.41) is 0.